The van der Waals surface area contributed by atoms with Gasteiger partial charge in [-0.3, -0.25) is 62.3 Å². The van der Waals surface area contributed by atoms with Crippen LogP contribution in [0.25, 0.3) is 62.7 Å². The molecule has 134 heavy (non-hydrogen) atoms. The first-order chi connectivity index (χ1) is 64.1. The molecule has 0 saturated carbocycles. The number of ketones is 2. The second-order valence-corrected chi connectivity index (χ2v) is 32.1. The Hall–Kier alpha value is -14.6. The van der Waals surface area contributed by atoms with Crippen LogP contribution in [0.1, 0.15) is 135 Å². The number of methoxy groups -OCH3 is 2. The number of aliphatic carboxylic acids is 1. The number of carbonyl (C=O) groups is 7. The van der Waals surface area contributed by atoms with E-state index < -0.39 is 30.0 Å². The Morgan fingerprint density at radius 2 is 0.746 bits per heavy atom. The van der Waals surface area contributed by atoms with Crippen molar-refractivity contribution in [1.82, 2.24) is 62.8 Å². The van der Waals surface area contributed by atoms with E-state index in [2.05, 4.69) is 46.3 Å². The van der Waals surface area contributed by atoms with E-state index in [1.54, 1.807) is 231 Å². The predicted octanol–water partition coefficient (Wildman–Crippen LogP) is 15.7. The number of aryl methyl sites for hydroxylation is 7. The van der Waals surface area contributed by atoms with Crippen molar-refractivity contribution < 1.29 is 67.1 Å². The largest absolute Gasteiger partial charge is 0.481 e. The number of ether oxygens (including phenoxy) is 6. The summed E-state index contributed by atoms with van der Waals surface area (Å²) < 4.78 is 41.6. The summed E-state index contributed by atoms with van der Waals surface area (Å²) >= 11 is 27.3. The Morgan fingerprint density at radius 1 is 0.403 bits per heavy atom. The van der Waals surface area contributed by atoms with Gasteiger partial charge in [0, 0.05) is 220 Å². The van der Waals surface area contributed by atoms with Crippen LogP contribution in [0, 0.1) is 0 Å². The van der Waals surface area contributed by atoms with E-state index in [1.807, 2.05) is 38.4 Å². The lowest BCUT2D eigenvalue weighted by Gasteiger charge is -2.15. The Kier molecular flexibility index (Phi) is 34.3. The van der Waals surface area contributed by atoms with Crippen LogP contribution in [0.2, 0.25) is 20.1 Å². The molecule has 0 spiro atoms. The molecule has 13 aromatic rings. The Bertz CT molecular complexity index is 6950. The number of carbonyl (C=O) groups excluding carboxylic acids is 6. The molecular weight excluding hydrogens is 1870 g/mol. The van der Waals surface area contributed by atoms with E-state index in [0.29, 0.717) is 117 Å². The molecule has 0 fully saturated rings. The number of fused-ring (bicyclic) bond motifs is 6. The highest BCUT2D eigenvalue weighted by Gasteiger charge is 2.33. The first-order valence-electron chi connectivity index (χ1n) is 41.3. The highest BCUT2D eigenvalue weighted by Crippen LogP contribution is 2.42. The molecule has 2 unspecified atom stereocenters. The second-order valence-electron chi connectivity index (χ2n) is 29.5. The number of aromatic nitrogens is 13. The molecule has 0 saturated heterocycles. The van der Waals surface area contributed by atoms with Gasteiger partial charge in [0.1, 0.15) is 11.4 Å². The van der Waals surface area contributed by atoms with Crippen LogP contribution in [-0.2, 0) is 92.3 Å². The monoisotopic (exact) mass is 1960 g/mol. The zero-order valence-corrected chi connectivity index (χ0v) is 79.4. The van der Waals surface area contributed by atoms with Crippen LogP contribution in [0.3, 0.4) is 0 Å². The fourth-order valence-corrected chi connectivity index (χ4v) is 15.0. The van der Waals surface area contributed by atoms with Gasteiger partial charge in [-0.2, -0.15) is 20.4 Å². The summed E-state index contributed by atoms with van der Waals surface area (Å²) in [6, 6.07) is 34.3. The number of hydrogen-bond donors (Lipinski definition) is 1. The minimum Gasteiger partial charge on any atom is -0.481 e. The quantitative estimate of drug-likeness (QED) is 0.0254. The van der Waals surface area contributed by atoms with Crippen LogP contribution in [0.5, 0.6) is 11.8 Å². The minimum absolute atomic E-state index is 0.0342. The van der Waals surface area contributed by atoms with Crippen LogP contribution in [-0.4, -0.2) is 161 Å². The van der Waals surface area contributed by atoms with Gasteiger partial charge in [0.05, 0.1) is 113 Å². The molecule has 0 amide bonds. The fraction of sp³-hybridized carbons (Fsp3) is 0.216. The van der Waals surface area contributed by atoms with E-state index in [-0.39, 0.29) is 72.8 Å². The number of aliphatic imine (C=N–C) groups is 2. The summed E-state index contributed by atoms with van der Waals surface area (Å²) in [5.41, 5.74) is 14.3. The van der Waals surface area contributed by atoms with Crippen LogP contribution >= 0.6 is 62.3 Å². The maximum Gasteiger partial charge on any atom is 0.330 e. The highest BCUT2D eigenvalue weighted by atomic mass is 79.9. The molecule has 0 aliphatic carbocycles. The molecule has 2 aliphatic heterocycles. The summed E-state index contributed by atoms with van der Waals surface area (Å²) in [5.74, 6) is -2.30. The average Bonchev–Trinajstić information content (AvgIpc) is 1.61. The molecule has 2 aliphatic rings. The second kappa shape index (κ2) is 45.9. The standard InChI is InChI=1S/C22H21ClN4O3.2C22H20ClN3O4.C20H17ClN4O3.C11H12BrNO3/c1-4-30-20(29)10-18-15-9-19(28)26(2)12-17(15)16-11-24-27(3)22(16)21(25-18)13-5-7-14(23)8-6-13;1-4-30-20(28)10-7-15-11-19(27)25(2)13-18(15)17-12-24-26(3)21(17)22(29)14-5-8-16(23)9-6-14;1-4-30-20(27)10-7-15-11-19(29-3)24-12-17(15)18-13-25-26(2)21(18)22(28)14-5-8-16(23)9-6-14;1-24-10-15-13(7-17(24)26)16(8-18(27)28)23-19(11-3-5-12(21)6-4-11)20-14(15)9-22-25(20)2;1-3-16-11(14)5-4-8-6-10(15-2)13-7-9(8)12/h5-9,11-12,18H,4,10H2,1-3H3;2*5-13H,4H2,1-3H3;3-7,9-10,16H,8H2,1-2H3,(H,27,28);4-7H,3H2,1-2H3/b;2*10-7+;;5-4+. The first kappa shape index (κ1) is 99.9. The normalized spacial score (nSPS) is 12.8. The number of pyridine rings is 5. The molecule has 4 aromatic carbocycles. The lowest BCUT2D eigenvalue weighted by Crippen LogP contribution is -2.18. The van der Waals surface area contributed by atoms with Crippen LogP contribution < -0.4 is 26.2 Å². The number of carboxylic acid groups (broad SMARTS) is 1. The van der Waals surface area contributed by atoms with Crippen molar-refractivity contribution in [2.45, 2.75) is 52.6 Å². The number of rotatable bonds is 24. The number of esters is 4. The summed E-state index contributed by atoms with van der Waals surface area (Å²) in [6.07, 6.45) is 23.4. The van der Waals surface area contributed by atoms with Crippen molar-refractivity contribution in [3.05, 3.63) is 330 Å². The molecule has 0 bridgehead atoms. The number of carboxylic acids is 1. The predicted molar refractivity (Wildman–Crippen MR) is 513 cm³/mol. The molecule has 690 valence electrons. The van der Waals surface area contributed by atoms with Gasteiger partial charge in [-0.25, -0.2) is 24.4 Å². The molecule has 2 atom stereocenters. The zero-order valence-electron chi connectivity index (χ0n) is 74.8. The molecule has 11 heterocycles. The van der Waals surface area contributed by atoms with E-state index in [4.69, 9.17) is 84.8 Å². The summed E-state index contributed by atoms with van der Waals surface area (Å²) in [7, 11) is 15.0. The first-order valence-corrected chi connectivity index (χ1v) is 43.6. The van der Waals surface area contributed by atoms with Gasteiger partial charge in [-0.05, 0) is 162 Å². The van der Waals surface area contributed by atoms with Gasteiger partial charge >= 0.3 is 29.8 Å². The third kappa shape index (κ3) is 24.6. The number of benzene rings is 4. The van der Waals surface area contributed by atoms with E-state index >= 15 is 0 Å². The summed E-state index contributed by atoms with van der Waals surface area (Å²) in [6.45, 7) is 8.14. The Morgan fingerprint density at radius 3 is 1.15 bits per heavy atom. The number of halogens is 5. The van der Waals surface area contributed by atoms with Gasteiger partial charge in [0.2, 0.25) is 23.3 Å². The lowest BCUT2D eigenvalue weighted by atomic mass is 9.96. The van der Waals surface area contributed by atoms with Gasteiger partial charge in [0.15, 0.2) is 0 Å². The summed E-state index contributed by atoms with van der Waals surface area (Å²) in [4.78, 5) is 140. The molecule has 37 heteroatoms. The van der Waals surface area contributed by atoms with E-state index in [1.165, 1.54) is 73.7 Å². The van der Waals surface area contributed by atoms with E-state index in [9.17, 15) is 53.1 Å². The highest BCUT2D eigenvalue weighted by molar-refractivity contribution is 9.10. The smallest absolute Gasteiger partial charge is 0.330 e. The lowest BCUT2D eigenvalue weighted by molar-refractivity contribution is -0.143. The van der Waals surface area contributed by atoms with E-state index in [0.717, 1.165) is 54.8 Å². The third-order valence-electron chi connectivity index (χ3n) is 20.6. The van der Waals surface area contributed by atoms with Gasteiger partial charge in [-0.1, -0.05) is 70.7 Å². The minimum atomic E-state index is -0.986. The zero-order chi connectivity index (χ0) is 96.9. The Labute approximate surface area is 796 Å². The topological polar surface area (TPSA) is 383 Å². The van der Waals surface area contributed by atoms with Gasteiger partial charge < -0.3 is 47.2 Å². The SMILES string of the molecule is CCOC(=O)/C=C/c1cc(=O)n(C)cc1-c1cnn(C)c1C(=O)c1ccc(Cl)cc1.CCOC(=O)/C=C/c1cc(OC)ncc1-c1cnn(C)c1C(=O)c1ccc(Cl)cc1.CCOC(=O)/C=C/c1cc(OC)ncc1Br.CCOC(=O)CC1N=C(c2ccc(Cl)cc2)c2c(cnn2C)-c2cn(C)c(=O)cc21.Cn1ncc2c1C(c1ccc(Cl)cc1)=NC(CC(=O)O)c1cc(=O)n(C)cc1-2. The molecular formula is C97H90BrCl4N15O17. The molecule has 0 radical (unpaired) electrons. The van der Waals surface area contributed by atoms with Crippen molar-refractivity contribution in [1.29, 1.82) is 0 Å². The maximum absolute atomic E-state index is 13.2. The van der Waals surface area contributed by atoms with Crippen molar-refractivity contribution in [3.8, 4) is 56.3 Å². The maximum atomic E-state index is 13.2. The van der Waals surface area contributed by atoms with Gasteiger partial charge in [0.25, 0.3) is 16.7 Å². The van der Waals surface area contributed by atoms with Crippen LogP contribution in [0.15, 0.2) is 230 Å². The Balaban J connectivity index is 0.000000163. The van der Waals surface area contributed by atoms with Crippen molar-refractivity contribution >= 4 is 133 Å². The van der Waals surface area contributed by atoms with Crippen molar-refractivity contribution in [3.63, 3.8) is 0 Å². The molecule has 9 aromatic heterocycles. The van der Waals surface area contributed by atoms with Crippen molar-refractivity contribution in [2.75, 3.05) is 40.6 Å². The van der Waals surface area contributed by atoms with Crippen LogP contribution in [0.4, 0.5) is 0 Å². The molecule has 32 nitrogen and oxygen atoms in total. The number of nitrogens with zero attached hydrogens (tertiary/aromatic N) is 15. The third-order valence-corrected chi connectivity index (χ3v) is 22.3. The van der Waals surface area contributed by atoms with Gasteiger partial charge in [-0.15, -0.1) is 0 Å². The average molecular weight is 1960 g/mol. The fourth-order valence-electron chi connectivity index (χ4n) is 14.1. The molecule has 15 rings (SSSR count). The molecule has 1 N–H and O–H groups in total. The summed E-state index contributed by atoms with van der Waals surface area (Å²) in [5, 5.41) is 29.0. The van der Waals surface area contributed by atoms with Crippen molar-refractivity contribution in [2.24, 2.45) is 59.3 Å². The number of hydrogen-bond acceptors (Lipinski definition) is 24.